The number of aromatic nitrogens is 1. The second kappa shape index (κ2) is 6.62. The van der Waals surface area contributed by atoms with Crippen LogP contribution in [0.4, 0.5) is 10.1 Å². The number of hydrogen-bond donors (Lipinski definition) is 1. The lowest BCUT2D eigenvalue weighted by atomic mass is 10.1. The van der Waals surface area contributed by atoms with E-state index >= 15 is 0 Å². The van der Waals surface area contributed by atoms with Gasteiger partial charge in [-0.15, -0.1) is 0 Å². The van der Waals surface area contributed by atoms with Crippen LogP contribution in [0.1, 0.15) is 5.69 Å². The van der Waals surface area contributed by atoms with Crippen molar-refractivity contribution in [2.75, 3.05) is 5.32 Å². The Hall–Kier alpha value is -2.66. The van der Waals surface area contributed by atoms with Crippen molar-refractivity contribution in [1.29, 1.82) is 0 Å². The van der Waals surface area contributed by atoms with Gasteiger partial charge in [0.1, 0.15) is 5.82 Å². The molecule has 1 heterocycles. The first-order chi connectivity index (χ1) is 11.1. The molecular weight excluding hydrogens is 319 g/mol. The van der Waals surface area contributed by atoms with Gasteiger partial charge in [-0.1, -0.05) is 47.1 Å². The second-order valence-electron chi connectivity index (χ2n) is 4.90. The average molecular weight is 331 g/mol. The molecule has 4 nitrogen and oxygen atoms in total. The quantitative estimate of drug-likeness (QED) is 0.775. The molecule has 0 fully saturated rings. The third kappa shape index (κ3) is 3.76. The van der Waals surface area contributed by atoms with Gasteiger partial charge in [0, 0.05) is 17.3 Å². The number of nitrogens with one attached hydrogen (secondary N) is 1. The van der Waals surface area contributed by atoms with Crippen LogP contribution in [-0.2, 0) is 11.2 Å². The van der Waals surface area contributed by atoms with Gasteiger partial charge < -0.3 is 9.84 Å². The summed E-state index contributed by atoms with van der Waals surface area (Å²) in [5.74, 6) is -0.229. The molecule has 0 spiro atoms. The molecule has 0 atom stereocenters. The van der Waals surface area contributed by atoms with Crippen molar-refractivity contribution < 1.29 is 13.7 Å². The Morgan fingerprint density at radius 1 is 1.17 bits per heavy atom. The van der Waals surface area contributed by atoms with Crippen LogP contribution < -0.4 is 5.32 Å². The van der Waals surface area contributed by atoms with Crippen LogP contribution in [0.5, 0.6) is 0 Å². The summed E-state index contributed by atoms with van der Waals surface area (Å²) in [4.78, 5) is 12.0. The molecule has 3 aromatic rings. The van der Waals surface area contributed by atoms with Crippen molar-refractivity contribution >= 4 is 23.2 Å². The zero-order chi connectivity index (χ0) is 16.2. The summed E-state index contributed by atoms with van der Waals surface area (Å²) < 4.78 is 18.3. The van der Waals surface area contributed by atoms with Crippen LogP contribution in [0, 0.1) is 5.82 Å². The molecule has 0 aliphatic rings. The van der Waals surface area contributed by atoms with Gasteiger partial charge in [0.05, 0.1) is 17.1 Å². The van der Waals surface area contributed by atoms with Gasteiger partial charge in [-0.25, -0.2) is 4.39 Å². The predicted octanol–water partition coefficient (Wildman–Crippen LogP) is 4.32. The Kier molecular flexibility index (Phi) is 4.39. The van der Waals surface area contributed by atoms with Crippen LogP contribution in [0.2, 0.25) is 5.02 Å². The van der Waals surface area contributed by atoms with Crippen molar-refractivity contribution in [3.05, 3.63) is 71.1 Å². The monoisotopic (exact) mass is 330 g/mol. The SMILES string of the molecule is O=C(Cc1cc(-c2ccccc2)on1)Nc1ccc(F)c(Cl)c1. The number of carbonyl (C=O) groups is 1. The summed E-state index contributed by atoms with van der Waals surface area (Å²) in [5, 5.41) is 6.47. The maximum atomic E-state index is 13.1. The van der Waals surface area contributed by atoms with Gasteiger partial charge in [-0.05, 0) is 18.2 Å². The summed E-state index contributed by atoms with van der Waals surface area (Å²) in [6.45, 7) is 0. The molecule has 6 heteroatoms. The molecule has 23 heavy (non-hydrogen) atoms. The fourth-order valence-electron chi connectivity index (χ4n) is 2.08. The largest absolute Gasteiger partial charge is 0.356 e. The summed E-state index contributed by atoms with van der Waals surface area (Å²) >= 11 is 5.67. The molecule has 0 unspecified atom stereocenters. The van der Waals surface area contributed by atoms with E-state index in [-0.39, 0.29) is 17.4 Å². The van der Waals surface area contributed by atoms with Gasteiger partial charge in [0.25, 0.3) is 0 Å². The number of amides is 1. The van der Waals surface area contributed by atoms with E-state index in [1.807, 2.05) is 30.3 Å². The molecular formula is C17H12ClFN2O2. The number of halogens is 2. The molecule has 0 aliphatic heterocycles. The molecule has 116 valence electrons. The van der Waals surface area contributed by atoms with Crippen molar-refractivity contribution in [2.24, 2.45) is 0 Å². The first-order valence-corrected chi connectivity index (χ1v) is 7.25. The number of nitrogens with zero attached hydrogens (tertiary/aromatic N) is 1. The summed E-state index contributed by atoms with van der Waals surface area (Å²) in [6, 6.07) is 15.2. The summed E-state index contributed by atoms with van der Waals surface area (Å²) in [6.07, 6.45) is 0.0470. The lowest BCUT2D eigenvalue weighted by molar-refractivity contribution is -0.115. The molecule has 3 rings (SSSR count). The van der Waals surface area contributed by atoms with E-state index in [9.17, 15) is 9.18 Å². The third-order valence-electron chi connectivity index (χ3n) is 3.16. The molecule has 0 aliphatic carbocycles. The minimum absolute atomic E-state index is 0.0457. The highest BCUT2D eigenvalue weighted by Gasteiger charge is 2.11. The molecule has 0 saturated heterocycles. The van der Waals surface area contributed by atoms with Crippen LogP contribution in [0.3, 0.4) is 0 Å². The van der Waals surface area contributed by atoms with E-state index in [0.717, 1.165) is 5.56 Å². The molecule has 0 bridgehead atoms. The number of benzene rings is 2. The van der Waals surface area contributed by atoms with E-state index in [2.05, 4.69) is 10.5 Å². The van der Waals surface area contributed by atoms with E-state index < -0.39 is 5.82 Å². The lowest BCUT2D eigenvalue weighted by Crippen LogP contribution is -2.14. The van der Waals surface area contributed by atoms with Crippen LogP contribution in [0.15, 0.2) is 59.1 Å². The smallest absolute Gasteiger partial charge is 0.230 e. The molecule has 1 N–H and O–H groups in total. The lowest BCUT2D eigenvalue weighted by Gasteiger charge is -2.04. The zero-order valence-electron chi connectivity index (χ0n) is 11.9. The topological polar surface area (TPSA) is 55.1 Å². The van der Waals surface area contributed by atoms with Crippen LogP contribution in [0.25, 0.3) is 11.3 Å². The van der Waals surface area contributed by atoms with Crippen molar-refractivity contribution in [3.8, 4) is 11.3 Å². The van der Waals surface area contributed by atoms with Gasteiger partial charge in [-0.3, -0.25) is 4.79 Å². The number of rotatable bonds is 4. The zero-order valence-corrected chi connectivity index (χ0v) is 12.7. The molecule has 0 saturated carbocycles. The van der Waals surface area contributed by atoms with Crippen LogP contribution >= 0.6 is 11.6 Å². The van der Waals surface area contributed by atoms with E-state index in [0.29, 0.717) is 17.1 Å². The third-order valence-corrected chi connectivity index (χ3v) is 3.45. The Bertz CT molecular complexity index is 834. The molecule has 1 aromatic heterocycles. The second-order valence-corrected chi connectivity index (χ2v) is 5.31. The normalized spacial score (nSPS) is 10.5. The fourth-order valence-corrected chi connectivity index (χ4v) is 2.26. The van der Waals surface area contributed by atoms with Gasteiger partial charge in [-0.2, -0.15) is 0 Å². The van der Waals surface area contributed by atoms with E-state index in [1.54, 1.807) is 6.07 Å². The van der Waals surface area contributed by atoms with Gasteiger partial charge in [0.2, 0.25) is 5.91 Å². The Balaban J connectivity index is 1.66. The summed E-state index contributed by atoms with van der Waals surface area (Å²) in [7, 11) is 0. The average Bonchev–Trinajstić information content (AvgIpc) is 3.00. The number of anilines is 1. The van der Waals surface area contributed by atoms with Crippen molar-refractivity contribution in [2.45, 2.75) is 6.42 Å². The first kappa shape index (κ1) is 15.2. The highest BCUT2D eigenvalue weighted by molar-refractivity contribution is 6.31. The van der Waals surface area contributed by atoms with E-state index in [4.69, 9.17) is 16.1 Å². The standard InChI is InChI=1S/C17H12ClFN2O2/c18-14-8-12(6-7-15(14)19)20-17(22)10-13-9-16(23-21-13)11-4-2-1-3-5-11/h1-9H,10H2,(H,20,22). The molecule has 2 aromatic carbocycles. The number of hydrogen-bond acceptors (Lipinski definition) is 3. The van der Waals surface area contributed by atoms with Crippen LogP contribution in [-0.4, -0.2) is 11.1 Å². The van der Waals surface area contributed by atoms with Gasteiger partial charge >= 0.3 is 0 Å². The minimum atomic E-state index is -0.534. The maximum Gasteiger partial charge on any atom is 0.230 e. The predicted molar refractivity (Wildman–Crippen MR) is 85.7 cm³/mol. The molecule has 0 radical (unpaired) electrons. The number of carbonyl (C=O) groups excluding carboxylic acids is 1. The minimum Gasteiger partial charge on any atom is -0.356 e. The maximum absolute atomic E-state index is 13.1. The summed E-state index contributed by atoms with van der Waals surface area (Å²) in [5.41, 5.74) is 1.82. The van der Waals surface area contributed by atoms with Gasteiger partial charge in [0.15, 0.2) is 5.76 Å². The Morgan fingerprint density at radius 2 is 1.96 bits per heavy atom. The Labute approximate surface area is 136 Å². The highest BCUT2D eigenvalue weighted by atomic mass is 35.5. The highest BCUT2D eigenvalue weighted by Crippen LogP contribution is 2.21. The molecule has 1 amide bonds. The van der Waals surface area contributed by atoms with E-state index in [1.165, 1.54) is 18.2 Å². The van der Waals surface area contributed by atoms with Crippen molar-refractivity contribution in [3.63, 3.8) is 0 Å². The van der Waals surface area contributed by atoms with Crippen molar-refractivity contribution in [1.82, 2.24) is 5.16 Å². The Morgan fingerprint density at radius 3 is 2.70 bits per heavy atom. The first-order valence-electron chi connectivity index (χ1n) is 6.88. The fraction of sp³-hybridized carbons (Fsp3) is 0.0588.